The van der Waals surface area contributed by atoms with E-state index in [-0.39, 0.29) is 5.82 Å². The van der Waals surface area contributed by atoms with Gasteiger partial charge >= 0.3 is 0 Å². The van der Waals surface area contributed by atoms with Crippen LogP contribution in [0.25, 0.3) is 11.1 Å². The van der Waals surface area contributed by atoms with Crippen LogP contribution in [0.3, 0.4) is 0 Å². The van der Waals surface area contributed by atoms with Gasteiger partial charge in [0.05, 0.1) is 12.4 Å². The third-order valence-electron chi connectivity index (χ3n) is 5.15. The maximum absolute atomic E-state index is 13.2. The Kier molecular flexibility index (Phi) is 4.84. The number of hydrogen-bond donors (Lipinski definition) is 1. The second-order valence-electron chi connectivity index (χ2n) is 6.98. The van der Waals surface area contributed by atoms with E-state index in [1.54, 1.807) is 0 Å². The largest absolute Gasteiger partial charge is 0.298 e. The van der Waals surface area contributed by atoms with E-state index in [1.807, 2.05) is 29.2 Å². The second-order valence-corrected chi connectivity index (χ2v) is 6.98. The van der Waals surface area contributed by atoms with Crippen molar-refractivity contribution in [3.8, 4) is 11.1 Å². The molecular weight excluding hydrogens is 329 g/mol. The van der Waals surface area contributed by atoms with Crippen LogP contribution in [0, 0.1) is 5.82 Å². The van der Waals surface area contributed by atoms with Crippen LogP contribution in [0.15, 0.2) is 42.9 Å². The molecule has 0 spiro atoms. The maximum atomic E-state index is 13.2. The van der Waals surface area contributed by atoms with Crippen molar-refractivity contribution in [2.45, 2.75) is 38.8 Å². The monoisotopic (exact) mass is 353 g/mol. The highest BCUT2D eigenvalue weighted by molar-refractivity contribution is 5.65. The number of rotatable bonds is 5. The molecule has 5 nitrogen and oxygen atoms in total. The number of likely N-dealkylation sites (tertiary alicyclic amines) is 1. The molecule has 136 valence electrons. The quantitative estimate of drug-likeness (QED) is 0.759. The maximum Gasteiger partial charge on any atom is 0.123 e. The Balaban J connectivity index is 1.50. The predicted molar refractivity (Wildman–Crippen MR) is 99.1 cm³/mol. The molecule has 3 heterocycles. The lowest BCUT2D eigenvalue weighted by molar-refractivity contribution is 0.198. The van der Waals surface area contributed by atoms with Crippen LogP contribution in [0.5, 0.6) is 0 Å². The van der Waals surface area contributed by atoms with Crippen molar-refractivity contribution < 1.29 is 4.39 Å². The highest BCUT2D eigenvalue weighted by Gasteiger charge is 2.25. The van der Waals surface area contributed by atoms with Crippen molar-refractivity contribution in [3.63, 3.8) is 0 Å². The Labute approximate surface area is 152 Å². The highest BCUT2D eigenvalue weighted by Crippen LogP contribution is 2.33. The van der Waals surface area contributed by atoms with Crippen molar-refractivity contribution >= 4 is 0 Å². The summed E-state index contributed by atoms with van der Waals surface area (Å²) in [7, 11) is 0. The molecule has 0 radical (unpaired) electrons. The van der Waals surface area contributed by atoms with Gasteiger partial charge in [-0.05, 0) is 44.0 Å². The van der Waals surface area contributed by atoms with Gasteiger partial charge in [0.2, 0.25) is 0 Å². The number of hydrogen-bond acceptors (Lipinski definition) is 3. The van der Waals surface area contributed by atoms with Gasteiger partial charge in [0.15, 0.2) is 0 Å². The van der Waals surface area contributed by atoms with Gasteiger partial charge in [-0.3, -0.25) is 14.7 Å². The van der Waals surface area contributed by atoms with E-state index in [4.69, 9.17) is 0 Å². The van der Waals surface area contributed by atoms with E-state index < -0.39 is 0 Å². The normalized spacial score (nSPS) is 18.3. The molecular formula is C20H24FN5. The first-order valence-electron chi connectivity index (χ1n) is 9.26. The van der Waals surface area contributed by atoms with Crippen molar-refractivity contribution in [2.24, 2.45) is 0 Å². The average Bonchev–Trinajstić information content (AvgIpc) is 3.32. The molecule has 0 unspecified atom stereocenters. The summed E-state index contributed by atoms with van der Waals surface area (Å²) in [5.74, 6) is 0.197. The Morgan fingerprint density at radius 2 is 2.08 bits per heavy atom. The molecule has 0 saturated carbocycles. The van der Waals surface area contributed by atoms with E-state index in [1.165, 1.54) is 17.7 Å². The van der Waals surface area contributed by atoms with E-state index in [2.05, 4.69) is 33.3 Å². The first-order chi connectivity index (χ1) is 12.7. The summed E-state index contributed by atoms with van der Waals surface area (Å²) >= 11 is 0. The lowest BCUT2D eigenvalue weighted by Gasteiger charge is -2.32. The summed E-state index contributed by atoms with van der Waals surface area (Å²) in [6.07, 6.45) is 8.25. The Morgan fingerprint density at radius 1 is 1.23 bits per heavy atom. The standard InChI is InChI=1S/C20H24FN5/c1-2-26-13-15(10-23-26)12-25-9-3-4-17(14-25)20-19(11-22-24-20)16-5-7-18(21)8-6-16/h5-8,10-11,13,17H,2-4,9,12,14H2,1H3,(H,22,24)/t17-/m0/s1. The molecule has 1 atom stereocenters. The topological polar surface area (TPSA) is 49.7 Å². The Morgan fingerprint density at radius 3 is 2.85 bits per heavy atom. The molecule has 0 bridgehead atoms. The molecule has 0 aliphatic carbocycles. The molecule has 1 aliphatic heterocycles. The minimum absolute atomic E-state index is 0.213. The molecule has 2 aromatic heterocycles. The van der Waals surface area contributed by atoms with Crippen LogP contribution in [0.4, 0.5) is 4.39 Å². The van der Waals surface area contributed by atoms with Crippen LogP contribution in [0.2, 0.25) is 0 Å². The van der Waals surface area contributed by atoms with Gasteiger partial charge in [-0.15, -0.1) is 0 Å². The van der Waals surface area contributed by atoms with E-state index in [9.17, 15) is 4.39 Å². The van der Waals surface area contributed by atoms with E-state index >= 15 is 0 Å². The van der Waals surface area contributed by atoms with Gasteiger partial charge in [-0.1, -0.05) is 12.1 Å². The zero-order valence-electron chi connectivity index (χ0n) is 15.0. The van der Waals surface area contributed by atoms with Crippen molar-refractivity contribution in [1.82, 2.24) is 24.9 Å². The van der Waals surface area contributed by atoms with E-state index in [0.717, 1.165) is 55.8 Å². The zero-order chi connectivity index (χ0) is 17.9. The number of aromatic nitrogens is 4. The molecule has 6 heteroatoms. The summed E-state index contributed by atoms with van der Waals surface area (Å²) in [6, 6.07) is 6.65. The zero-order valence-corrected chi connectivity index (χ0v) is 15.0. The summed E-state index contributed by atoms with van der Waals surface area (Å²) in [5, 5.41) is 11.8. The first kappa shape index (κ1) is 17.0. The van der Waals surface area contributed by atoms with Crippen molar-refractivity contribution in [3.05, 3.63) is 59.9 Å². The van der Waals surface area contributed by atoms with Crippen LogP contribution in [-0.4, -0.2) is 38.0 Å². The second kappa shape index (κ2) is 7.41. The van der Waals surface area contributed by atoms with Gasteiger partial charge in [-0.2, -0.15) is 10.2 Å². The SMILES string of the molecule is CCn1cc(CN2CCC[C@H](c3[nH]ncc3-c3ccc(F)cc3)C2)cn1. The minimum Gasteiger partial charge on any atom is -0.298 e. The number of piperidine rings is 1. The van der Waals surface area contributed by atoms with Crippen LogP contribution in [-0.2, 0) is 13.1 Å². The lowest BCUT2D eigenvalue weighted by Crippen LogP contribution is -2.34. The smallest absolute Gasteiger partial charge is 0.123 e. The van der Waals surface area contributed by atoms with Crippen molar-refractivity contribution in [1.29, 1.82) is 0 Å². The molecule has 1 fully saturated rings. The molecule has 4 rings (SSSR count). The molecule has 1 N–H and O–H groups in total. The molecule has 1 aromatic carbocycles. The predicted octanol–water partition coefficient (Wildman–Crippen LogP) is 3.81. The summed E-state index contributed by atoms with van der Waals surface area (Å²) in [5.41, 5.74) is 4.51. The van der Waals surface area contributed by atoms with Gasteiger partial charge in [0.1, 0.15) is 5.82 Å². The number of nitrogens with one attached hydrogen (secondary N) is 1. The third-order valence-corrected chi connectivity index (χ3v) is 5.15. The number of aromatic amines is 1. The lowest BCUT2D eigenvalue weighted by atomic mass is 9.90. The number of H-pyrrole nitrogens is 1. The fourth-order valence-corrected chi connectivity index (χ4v) is 3.82. The van der Waals surface area contributed by atoms with Crippen LogP contribution >= 0.6 is 0 Å². The van der Waals surface area contributed by atoms with Crippen LogP contribution < -0.4 is 0 Å². The third kappa shape index (κ3) is 3.55. The number of nitrogens with zero attached hydrogens (tertiary/aromatic N) is 4. The first-order valence-corrected chi connectivity index (χ1v) is 9.26. The van der Waals surface area contributed by atoms with Gasteiger partial charge in [0.25, 0.3) is 0 Å². The summed E-state index contributed by atoms with van der Waals surface area (Å²) in [4.78, 5) is 2.49. The Hall–Kier alpha value is -2.47. The fraction of sp³-hybridized carbons (Fsp3) is 0.400. The molecule has 1 saturated heterocycles. The number of aryl methyl sites for hydroxylation is 1. The number of benzene rings is 1. The van der Waals surface area contributed by atoms with Gasteiger partial charge in [-0.25, -0.2) is 4.39 Å². The molecule has 3 aromatic rings. The highest BCUT2D eigenvalue weighted by atomic mass is 19.1. The fourth-order valence-electron chi connectivity index (χ4n) is 3.82. The average molecular weight is 353 g/mol. The van der Waals surface area contributed by atoms with Crippen LogP contribution in [0.1, 0.15) is 36.9 Å². The molecule has 26 heavy (non-hydrogen) atoms. The minimum atomic E-state index is -0.213. The summed E-state index contributed by atoms with van der Waals surface area (Å²) in [6.45, 7) is 6.03. The van der Waals surface area contributed by atoms with Gasteiger partial charge < -0.3 is 0 Å². The Bertz CT molecular complexity index is 851. The molecule has 0 amide bonds. The molecule has 1 aliphatic rings. The van der Waals surface area contributed by atoms with Gasteiger partial charge in [0, 0.05) is 48.6 Å². The van der Waals surface area contributed by atoms with E-state index in [0.29, 0.717) is 5.92 Å². The number of halogens is 1. The van der Waals surface area contributed by atoms with Crippen molar-refractivity contribution in [2.75, 3.05) is 13.1 Å². The summed E-state index contributed by atoms with van der Waals surface area (Å²) < 4.78 is 15.2.